The van der Waals surface area contributed by atoms with Crippen molar-refractivity contribution < 1.29 is 19.4 Å². The molecule has 194 valence electrons. The van der Waals surface area contributed by atoms with E-state index in [1.165, 1.54) is 11.3 Å². The zero-order chi connectivity index (χ0) is 25.8. The van der Waals surface area contributed by atoms with Crippen LogP contribution in [0.1, 0.15) is 36.4 Å². The monoisotopic (exact) mass is 579 g/mol. The summed E-state index contributed by atoms with van der Waals surface area (Å²) in [6, 6.07) is 6.88. The van der Waals surface area contributed by atoms with Gasteiger partial charge in [-0.2, -0.15) is 0 Å². The van der Waals surface area contributed by atoms with Gasteiger partial charge in [0.25, 0.3) is 5.56 Å². The van der Waals surface area contributed by atoms with Crippen LogP contribution in [-0.2, 0) is 22.5 Å². The van der Waals surface area contributed by atoms with Gasteiger partial charge in [-0.15, -0.1) is 11.3 Å². The molecular formula is C25H30BrN3O6S. The molecule has 3 aromatic rings. The maximum Gasteiger partial charge on any atom is 0.332 e. The Balaban J connectivity index is 0.000000375. The second kappa shape index (κ2) is 11.7. The van der Waals surface area contributed by atoms with E-state index in [4.69, 9.17) is 14.6 Å². The summed E-state index contributed by atoms with van der Waals surface area (Å²) in [5.74, 6) is 0.468. The van der Waals surface area contributed by atoms with E-state index in [1.807, 2.05) is 31.2 Å². The molecule has 0 saturated carbocycles. The third-order valence-electron chi connectivity index (χ3n) is 6.50. The largest absolute Gasteiger partial charge is 0.496 e. The van der Waals surface area contributed by atoms with Crippen LogP contribution in [0.3, 0.4) is 0 Å². The highest BCUT2D eigenvalue weighted by Gasteiger charge is 2.31. The number of ether oxygens (including phenoxy) is 2. The smallest absolute Gasteiger partial charge is 0.332 e. The molecule has 2 N–H and O–H groups in total. The number of para-hydroxylation sites is 1. The van der Waals surface area contributed by atoms with Gasteiger partial charge in [0.15, 0.2) is 0 Å². The minimum atomic E-state index is -0.769. The van der Waals surface area contributed by atoms with Crippen LogP contribution in [0.2, 0.25) is 0 Å². The number of hydrogen-bond donors (Lipinski definition) is 2. The van der Waals surface area contributed by atoms with E-state index >= 15 is 0 Å². The molecule has 1 unspecified atom stereocenters. The normalized spacial score (nSPS) is 18.1. The van der Waals surface area contributed by atoms with E-state index in [2.05, 4.69) is 21.2 Å². The van der Waals surface area contributed by atoms with Crippen LogP contribution in [-0.4, -0.2) is 53.1 Å². The van der Waals surface area contributed by atoms with Gasteiger partial charge in [-0.05, 0) is 65.7 Å². The number of rotatable bonds is 5. The molecule has 9 nitrogen and oxygen atoms in total. The topological polar surface area (TPSA) is 112 Å². The van der Waals surface area contributed by atoms with Crippen LogP contribution in [0, 0.1) is 6.92 Å². The van der Waals surface area contributed by atoms with Crippen LogP contribution >= 0.6 is 27.3 Å². The van der Waals surface area contributed by atoms with E-state index in [0.717, 1.165) is 51.3 Å². The Hall–Kier alpha value is -2.47. The molecule has 0 radical (unpaired) electrons. The Morgan fingerprint density at radius 2 is 1.92 bits per heavy atom. The van der Waals surface area contributed by atoms with Crippen LogP contribution in [0.25, 0.3) is 10.2 Å². The van der Waals surface area contributed by atoms with Gasteiger partial charge in [-0.3, -0.25) is 14.2 Å². The summed E-state index contributed by atoms with van der Waals surface area (Å²) < 4.78 is 13.9. The summed E-state index contributed by atoms with van der Waals surface area (Å²) in [6.07, 6.45) is 2.53. The predicted octanol–water partition coefficient (Wildman–Crippen LogP) is 2.77. The molecule has 36 heavy (non-hydrogen) atoms. The first-order valence-corrected chi connectivity index (χ1v) is 13.5. The van der Waals surface area contributed by atoms with Gasteiger partial charge >= 0.3 is 5.69 Å². The highest BCUT2D eigenvalue weighted by Crippen LogP contribution is 2.33. The zero-order valence-electron chi connectivity index (χ0n) is 20.3. The maximum atomic E-state index is 13.3. The van der Waals surface area contributed by atoms with Gasteiger partial charge in [0, 0.05) is 26.3 Å². The second-order valence-corrected chi connectivity index (χ2v) is 11.1. The number of fused-ring (bicyclic) bond motifs is 1. The number of carbonyl (C=O) groups excluding carboxylic acids is 1. The lowest BCUT2D eigenvalue weighted by molar-refractivity contribution is -0.122. The highest BCUT2D eigenvalue weighted by molar-refractivity contribution is 9.11. The van der Waals surface area contributed by atoms with Crippen molar-refractivity contribution in [2.45, 2.75) is 51.3 Å². The van der Waals surface area contributed by atoms with Gasteiger partial charge in [0.2, 0.25) is 5.91 Å². The minimum absolute atomic E-state index is 0.0891. The Kier molecular flexibility index (Phi) is 8.66. The van der Waals surface area contributed by atoms with Crippen molar-refractivity contribution >= 4 is 43.4 Å². The number of benzene rings is 1. The number of amides is 1. The van der Waals surface area contributed by atoms with E-state index < -0.39 is 17.3 Å². The molecule has 1 amide bonds. The van der Waals surface area contributed by atoms with E-state index in [-0.39, 0.29) is 12.0 Å². The molecule has 5 rings (SSSR count). The first-order chi connectivity index (χ1) is 17.3. The van der Waals surface area contributed by atoms with Crippen molar-refractivity contribution in [1.82, 2.24) is 14.5 Å². The Bertz CT molecular complexity index is 1360. The van der Waals surface area contributed by atoms with Gasteiger partial charge in [-0.25, -0.2) is 9.36 Å². The van der Waals surface area contributed by atoms with E-state index in [0.29, 0.717) is 36.1 Å². The number of aliphatic hydroxyl groups excluding tert-OH is 1. The number of carbonyl (C=O) groups is 1. The number of aromatic nitrogens is 2. The number of halogens is 1. The van der Waals surface area contributed by atoms with Gasteiger partial charge in [0.05, 0.1) is 22.4 Å². The van der Waals surface area contributed by atoms with Crippen molar-refractivity contribution in [3.05, 3.63) is 60.0 Å². The number of thiophene rings is 1. The van der Waals surface area contributed by atoms with Crippen LogP contribution in [0.5, 0.6) is 5.75 Å². The molecule has 2 aliphatic heterocycles. The van der Waals surface area contributed by atoms with Crippen LogP contribution < -0.4 is 21.3 Å². The van der Waals surface area contributed by atoms with Crippen molar-refractivity contribution in [2.24, 2.45) is 0 Å². The molecule has 0 spiro atoms. The molecule has 2 aliphatic rings. The third-order valence-corrected chi connectivity index (χ3v) is 8.69. The quantitative estimate of drug-likeness (QED) is 0.480. The molecule has 2 aromatic heterocycles. The average molecular weight is 581 g/mol. The average Bonchev–Trinajstić information content (AvgIpc) is 3.42. The fraction of sp³-hybridized carbons (Fsp3) is 0.480. The third kappa shape index (κ3) is 5.44. The van der Waals surface area contributed by atoms with Crippen LogP contribution in [0.15, 0.2) is 37.6 Å². The summed E-state index contributed by atoms with van der Waals surface area (Å²) in [7, 11) is 1.61. The fourth-order valence-corrected chi connectivity index (χ4v) is 6.17. The SMILES string of the molecule is COc1ccccc1CCn1c(=O)n(C2CCNC2=O)c(=O)c2c(C)c(Br)sc21.OC1CCOCC1. The Labute approximate surface area is 220 Å². The number of nitrogens with zero attached hydrogens (tertiary/aromatic N) is 2. The Morgan fingerprint density at radius 3 is 2.53 bits per heavy atom. The fourth-order valence-electron chi connectivity index (χ4n) is 4.46. The summed E-state index contributed by atoms with van der Waals surface area (Å²) in [5, 5.41) is 12.0. The number of hydrogen-bond acceptors (Lipinski definition) is 7. The molecule has 2 saturated heterocycles. The second-order valence-electron chi connectivity index (χ2n) is 8.79. The lowest BCUT2D eigenvalue weighted by Gasteiger charge is -2.16. The molecule has 4 heterocycles. The molecule has 0 bridgehead atoms. The highest BCUT2D eigenvalue weighted by atomic mass is 79.9. The molecular weight excluding hydrogens is 550 g/mol. The van der Waals surface area contributed by atoms with Crippen LogP contribution in [0.4, 0.5) is 0 Å². The van der Waals surface area contributed by atoms with Crippen molar-refractivity contribution in [3.63, 3.8) is 0 Å². The lowest BCUT2D eigenvalue weighted by Crippen LogP contribution is -2.44. The van der Waals surface area contributed by atoms with Gasteiger partial charge in [0.1, 0.15) is 16.6 Å². The predicted molar refractivity (Wildman–Crippen MR) is 142 cm³/mol. The maximum absolute atomic E-state index is 13.3. The van der Waals surface area contributed by atoms with E-state index in [1.54, 1.807) is 11.7 Å². The molecule has 1 aromatic carbocycles. The van der Waals surface area contributed by atoms with Gasteiger partial charge in [-0.1, -0.05) is 18.2 Å². The lowest BCUT2D eigenvalue weighted by atomic mass is 10.1. The number of methoxy groups -OCH3 is 1. The van der Waals surface area contributed by atoms with Crippen molar-refractivity contribution in [2.75, 3.05) is 26.9 Å². The van der Waals surface area contributed by atoms with E-state index in [9.17, 15) is 14.4 Å². The zero-order valence-corrected chi connectivity index (χ0v) is 22.7. The standard InChI is InChI=1S/C20H20BrN3O4S.C5H10O2/c1-11-15-18(26)24(13-7-9-22-17(13)25)20(27)23(19(15)29-16(11)21)10-8-12-5-3-4-6-14(12)28-2;6-5-1-3-7-4-2-5/h3-6,13H,7-10H2,1-2H3,(H,22,25);5-6H,1-4H2. The summed E-state index contributed by atoms with van der Waals surface area (Å²) in [4.78, 5) is 39.4. The number of aliphatic hydroxyl groups is 1. The number of nitrogens with one attached hydrogen (secondary N) is 1. The van der Waals surface area contributed by atoms with Gasteiger partial charge < -0.3 is 19.9 Å². The first kappa shape index (κ1) is 26.6. The van der Waals surface area contributed by atoms with Crippen molar-refractivity contribution in [1.29, 1.82) is 0 Å². The Morgan fingerprint density at radius 1 is 1.19 bits per heavy atom. The summed E-state index contributed by atoms with van der Waals surface area (Å²) >= 11 is 4.86. The molecule has 0 aliphatic carbocycles. The summed E-state index contributed by atoms with van der Waals surface area (Å²) in [6.45, 7) is 4.15. The number of aryl methyl sites for hydroxylation is 3. The first-order valence-electron chi connectivity index (χ1n) is 11.9. The van der Waals surface area contributed by atoms with Crippen molar-refractivity contribution in [3.8, 4) is 5.75 Å². The minimum Gasteiger partial charge on any atom is -0.496 e. The molecule has 11 heteroatoms. The summed E-state index contributed by atoms with van der Waals surface area (Å²) in [5.41, 5.74) is 0.903. The molecule has 2 fully saturated rings. The molecule has 1 atom stereocenters.